The summed E-state index contributed by atoms with van der Waals surface area (Å²) in [5.74, 6) is 3.18. The molecule has 27 nitrogen and oxygen atoms in total. The molecule has 464 valence electrons. The van der Waals surface area contributed by atoms with Gasteiger partial charge in [-0.1, -0.05) is 51.8 Å². The molecule has 12 rings (SSSR count). The second-order valence-electron chi connectivity index (χ2n) is 23.4. The normalized spacial score (nSPS) is 15.7. The van der Waals surface area contributed by atoms with Gasteiger partial charge in [0.1, 0.15) is 0 Å². The largest absolute Gasteiger partial charge is 0.394 e. The van der Waals surface area contributed by atoms with E-state index in [2.05, 4.69) is 84.2 Å². The maximum atomic E-state index is 11.1. The molecule has 1 aliphatic heterocycles. The minimum Gasteiger partial charge on any atom is -0.394 e. The molecule has 0 radical (unpaired) electrons. The number of benzene rings is 3. The number of rotatable bonds is 20. The Hall–Kier alpha value is -9.21. The van der Waals surface area contributed by atoms with Crippen molar-refractivity contribution in [2.24, 2.45) is 5.92 Å². The van der Waals surface area contributed by atoms with Gasteiger partial charge in [0.25, 0.3) is 11.4 Å². The molecule has 27 heteroatoms. The molecule has 8 N–H and O–H groups in total. The Bertz CT molecular complexity index is 3890. The summed E-state index contributed by atoms with van der Waals surface area (Å²) < 4.78 is 6.09. The van der Waals surface area contributed by atoms with E-state index in [-0.39, 0.29) is 60.8 Å². The van der Waals surface area contributed by atoms with Gasteiger partial charge in [0.2, 0.25) is 17.8 Å². The fourth-order valence-electron chi connectivity index (χ4n) is 11.1. The average molecular weight is 1200 g/mol. The van der Waals surface area contributed by atoms with Gasteiger partial charge in [-0.15, -0.1) is 0 Å². The molecule has 1 saturated heterocycles. The van der Waals surface area contributed by atoms with Crippen molar-refractivity contribution >= 4 is 97.2 Å². The third kappa shape index (κ3) is 14.3. The molecule has 9 aromatic rings. The molecule has 2 aliphatic carbocycles. The van der Waals surface area contributed by atoms with E-state index in [1.54, 1.807) is 36.9 Å². The number of non-ortho nitro benzene ring substituents is 2. The van der Waals surface area contributed by atoms with Crippen LogP contribution >= 0.6 is 0 Å². The maximum Gasteiger partial charge on any atom is 0.271 e. The van der Waals surface area contributed by atoms with Crippen molar-refractivity contribution in [2.75, 3.05) is 57.8 Å². The number of nitro groups is 2. The number of hydrogen-bond donors (Lipinski definition) is 8. The Kier molecular flexibility index (Phi) is 19.4. The van der Waals surface area contributed by atoms with E-state index in [1.807, 2.05) is 63.9 Å². The van der Waals surface area contributed by atoms with Gasteiger partial charge in [-0.25, -0.2) is 15.0 Å². The smallest absolute Gasteiger partial charge is 0.271 e. The number of nitro benzene ring substituents is 2. The number of nitrogens with one attached hydrogen (secondary N) is 5. The zero-order valence-corrected chi connectivity index (χ0v) is 50.7. The molecular formula is C61H78N20O7. The van der Waals surface area contributed by atoms with Gasteiger partial charge in [0.15, 0.2) is 50.9 Å². The lowest BCUT2D eigenvalue weighted by Crippen LogP contribution is -2.39. The summed E-state index contributed by atoms with van der Waals surface area (Å²) >= 11 is 0. The Labute approximate surface area is 508 Å². The first-order valence-electron chi connectivity index (χ1n) is 30.3. The van der Waals surface area contributed by atoms with Crippen molar-refractivity contribution in [2.45, 2.75) is 149 Å². The van der Waals surface area contributed by atoms with Gasteiger partial charge in [0, 0.05) is 72.5 Å². The number of nitrogens with zero attached hydrogens (tertiary/aromatic N) is 15. The van der Waals surface area contributed by atoms with E-state index >= 15 is 0 Å². The van der Waals surface area contributed by atoms with E-state index in [1.165, 1.54) is 73.9 Å². The van der Waals surface area contributed by atoms with Gasteiger partial charge >= 0.3 is 0 Å². The second-order valence-corrected chi connectivity index (χ2v) is 23.4. The van der Waals surface area contributed by atoms with E-state index in [0.29, 0.717) is 82.2 Å². The fraction of sp³-hybridized carbons (Fsp3) is 0.459. The Morgan fingerprint density at radius 2 is 1.15 bits per heavy atom. The highest BCUT2D eigenvalue weighted by atomic mass is 16.6. The predicted molar refractivity (Wildman–Crippen MR) is 340 cm³/mol. The molecule has 0 spiro atoms. The minimum atomic E-state index is -0.450. The molecule has 1 unspecified atom stereocenters. The van der Waals surface area contributed by atoms with Crippen LogP contribution in [0.15, 0.2) is 85.7 Å². The fourth-order valence-corrected chi connectivity index (χ4v) is 11.1. The lowest BCUT2D eigenvalue weighted by Gasteiger charge is -2.30. The summed E-state index contributed by atoms with van der Waals surface area (Å²) in [6.45, 7) is 15.4. The van der Waals surface area contributed by atoms with Gasteiger partial charge in [-0.2, -0.15) is 29.9 Å². The maximum absolute atomic E-state index is 11.1. The van der Waals surface area contributed by atoms with Crippen molar-refractivity contribution in [3.05, 3.63) is 117 Å². The zero-order valence-electron chi connectivity index (χ0n) is 50.7. The predicted octanol–water partition coefficient (Wildman–Crippen LogP) is 10.9. The van der Waals surface area contributed by atoms with Crippen molar-refractivity contribution in [3.63, 3.8) is 0 Å². The molecule has 7 heterocycles. The number of anilines is 9. The summed E-state index contributed by atoms with van der Waals surface area (Å²) in [7, 11) is 0. The van der Waals surface area contributed by atoms with Gasteiger partial charge in [0.05, 0.1) is 60.2 Å². The topological polar surface area (TPSA) is 341 Å². The van der Waals surface area contributed by atoms with Gasteiger partial charge in [-0.3, -0.25) is 20.2 Å². The van der Waals surface area contributed by atoms with E-state index in [9.17, 15) is 35.5 Å². The number of aliphatic hydroxyl groups excluding tert-OH is 3. The first kappa shape index (κ1) is 61.9. The monoisotopic (exact) mass is 1200 g/mol. The lowest BCUT2D eigenvalue weighted by molar-refractivity contribution is -0.385. The SMILES string of the molecule is CC(C)[C@H](CO)Nc1nc(Nc2cccc([N+](=O)[O-])c2)c2ncn(C(C)C)c2n1.CC[C@H](CO)Nc1nc(Nc2cccc([N+](=O)[O-])c2)c2ncn(C(C)C)c2n1.OC1CCCN(c2nc(Nc3ccc4c(c3)CCC4)c3ncn(C4CCCC4)c3n2)C1. The van der Waals surface area contributed by atoms with Gasteiger partial charge in [-0.05, 0) is 120 Å². The van der Waals surface area contributed by atoms with E-state index in [0.717, 1.165) is 48.5 Å². The molecule has 88 heavy (non-hydrogen) atoms. The van der Waals surface area contributed by atoms with Crippen LogP contribution in [0.3, 0.4) is 0 Å². The number of aliphatic hydroxyl groups is 3. The third-order valence-electron chi connectivity index (χ3n) is 16.1. The highest BCUT2D eigenvalue weighted by Gasteiger charge is 2.27. The first-order valence-corrected chi connectivity index (χ1v) is 30.3. The standard InChI is InChI=1S/C24H30N6O.C19H25N7O3.C18H23N7O3/c31-20-9-4-12-29(14-20)24-27-22(26-18-11-10-16-5-3-6-17(16)13-18)21-23(28-24)30(15-25-21)19-7-1-2-8-19;1-11(2)15(9-27)22-19-23-17(16-18(24-19)25(10-20-16)12(3)4)21-13-6-5-7-14(8-13)26(28)29;1-4-12(9-26)21-18-22-16(15-17(23-18)24(10-19-15)11(2)3)20-13-6-5-7-14(8-13)25(27)28/h10-11,13,15,19-20,31H,1-9,12,14H2,(H,26,27,28);5-8,10-12,15,27H,9H2,1-4H3,(H2,21,22,23,24);5-8,10-12,26H,4,9H2,1-3H3,(H2,20,21,22,23)/t;15-;12-/m.01/s1. The first-order chi connectivity index (χ1) is 42.5. The summed E-state index contributed by atoms with van der Waals surface area (Å²) in [5.41, 5.74) is 9.07. The third-order valence-corrected chi connectivity index (χ3v) is 16.1. The summed E-state index contributed by atoms with van der Waals surface area (Å²) in [6.07, 6.45) is 16.0. The summed E-state index contributed by atoms with van der Waals surface area (Å²) in [4.78, 5) is 65.0. The lowest BCUT2D eigenvalue weighted by atomic mass is 10.1. The highest BCUT2D eigenvalue weighted by molar-refractivity contribution is 5.89. The highest BCUT2D eigenvalue weighted by Crippen LogP contribution is 2.36. The molecule has 6 aromatic heterocycles. The summed E-state index contributed by atoms with van der Waals surface area (Å²) in [5, 5.41) is 67.5. The number of aryl methyl sites for hydroxylation is 2. The molecule has 0 bridgehead atoms. The van der Waals surface area contributed by atoms with Gasteiger partial charge < -0.3 is 60.5 Å². The van der Waals surface area contributed by atoms with E-state index in [4.69, 9.17) is 15.0 Å². The van der Waals surface area contributed by atoms with Crippen LogP contribution in [0.25, 0.3) is 33.5 Å². The number of fused-ring (bicyclic) bond motifs is 4. The molecule has 3 aromatic carbocycles. The van der Waals surface area contributed by atoms with Crippen LogP contribution in [0.5, 0.6) is 0 Å². The number of imidazole rings is 3. The van der Waals surface area contributed by atoms with Crippen molar-refractivity contribution in [1.29, 1.82) is 0 Å². The van der Waals surface area contributed by atoms with Crippen LogP contribution in [0.4, 0.5) is 63.7 Å². The molecule has 3 atom stereocenters. The van der Waals surface area contributed by atoms with Crippen LogP contribution < -0.4 is 31.5 Å². The average Bonchev–Trinajstić information content (AvgIpc) is 2.09. The number of aromatic nitrogens is 12. The molecule has 0 amide bonds. The number of hydrogen-bond acceptors (Lipinski definition) is 22. The minimum absolute atomic E-state index is 0.0207. The summed E-state index contributed by atoms with van der Waals surface area (Å²) in [6, 6.07) is 19.3. The van der Waals surface area contributed by atoms with Crippen molar-refractivity contribution in [1.82, 2.24) is 58.6 Å². The van der Waals surface area contributed by atoms with Crippen LogP contribution in [-0.4, -0.2) is 128 Å². The van der Waals surface area contributed by atoms with Crippen LogP contribution in [-0.2, 0) is 12.8 Å². The van der Waals surface area contributed by atoms with Crippen LogP contribution in [0, 0.1) is 26.1 Å². The number of β-amino-alcohol motifs (C(OH)–C–C–N with tert-alkyl or cyclic N) is 1. The molecule has 1 saturated carbocycles. The second kappa shape index (κ2) is 27.7. The van der Waals surface area contributed by atoms with Crippen molar-refractivity contribution < 1.29 is 25.2 Å². The van der Waals surface area contributed by atoms with Crippen molar-refractivity contribution in [3.8, 4) is 0 Å². The molecular weight excluding hydrogens is 1120 g/mol. The molecule has 2 fully saturated rings. The quantitative estimate of drug-likeness (QED) is 0.0260. The number of piperidine rings is 1. The van der Waals surface area contributed by atoms with Crippen LogP contribution in [0.1, 0.15) is 129 Å². The van der Waals surface area contributed by atoms with Crippen LogP contribution in [0.2, 0.25) is 0 Å². The Balaban J connectivity index is 0.000000146. The van der Waals surface area contributed by atoms with E-state index < -0.39 is 9.85 Å². The Morgan fingerprint density at radius 3 is 1.68 bits per heavy atom. The Morgan fingerprint density at radius 1 is 0.602 bits per heavy atom. The molecule has 3 aliphatic rings. The zero-order chi connectivity index (χ0) is 62.2.